The quantitative estimate of drug-likeness (QED) is 0.174. The Morgan fingerprint density at radius 2 is 1.04 bits per heavy atom. The Morgan fingerprint density at radius 3 is 1.96 bits per heavy atom. The molecule has 0 aliphatic rings. The number of fused-ring (bicyclic) bond motifs is 11. The average molecular weight is 750 g/mol. The summed E-state index contributed by atoms with van der Waals surface area (Å²) in [5, 5.41) is 9.87. The van der Waals surface area contributed by atoms with Gasteiger partial charge >= 0.3 is 0 Å². The summed E-state index contributed by atoms with van der Waals surface area (Å²) in [7, 11) is 0. The zero-order valence-electron chi connectivity index (χ0n) is 30.1. The fourth-order valence-corrected chi connectivity index (χ4v) is 11.0. The van der Waals surface area contributed by atoms with E-state index in [1.165, 1.54) is 73.4 Å². The number of hydrogen-bond donors (Lipinski definition) is 0. The van der Waals surface area contributed by atoms with Crippen molar-refractivity contribution in [1.82, 2.24) is 0 Å². The highest BCUT2D eigenvalue weighted by molar-refractivity contribution is 7.26. The lowest BCUT2D eigenvalue weighted by Crippen LogP contribution is -2.11. The number of hydrogen-bond acceptors (Lipinski definition) is 4. The molecule has 0 bridgehead atoms. The summed E-state index contributed by atoms with van der Waals surface area (Å²) >= 11 is 3.74. The molecule has 12 rings (SSSR count). The van der Waals surface area contributed by atoms with Crippen molar-refractivity contribution in [3.63, 3.8) is 0 Å². The summed E-state index contributed by atoms with van der Waals surface area (Å²) in [6.07, 6.45) is 0. The van der Waals surface area contributed by atoms with Gasteiger partial charge in [0.15, 0.2) is 0 Å². The fraction of sp³-hybridized carbons (Fsp3) is 0. The summed E-state index contributed by atoms with van der Waals surface area (Å²) in [5.41, 5.74) is 9.94. The molecule has 3 aromatic heterocycles. The highest BCUT2D eigenvalue weighted by Crippen LogP contribution is 2.47. The third-order valence-corrected chi connectivity index (χ3v) is 13.5. The van der Waals surface area contributed by atoms with Crippen LogP contribution in [0.5, 0.6) is 0 Å². The Balaban J connectivity index is 1.10. The third-order valence-electron chi connectivity index (χ3n) is 11.3. The lowest BCUT2D eigenvalue weighted by atomic mass is 9.98. The molecule has 0 amide bonds. The maximum atomic E-state index is 6.48. The number of thiophene rings is 2. The van der Waals surface area contributed by atoms with Crippen LogP contribution in [0.2, 0.25) is 0 Å². The van der Waals surface area contributed by atoms with E-state index in [0.717, 1.165) is 39.0 Å². The first kappa shape index (κ1) is 31.6. The summed E-state index contributed by atoms with van der Waals surface area (Å²) in [6.45, 7) is 0. The van der Waals surface area contributed by atoms with Gasteiger partial charge in [0.25, 0.3) is 0 Å². The van der Waals surface area contributed by atoms with E-state index in [1.807, 2.05) is 22.7 Å². The summed E-state index contributed by atoms with van der Waals surface area (Å²) in [4.78, 5) is 2.43. The molecule has 0 saturated heterocycles. The van der Waals surface area contributed by atoms with Crippen LogP contribution in [0.15, 0.2) is 192 Å². The molecule has 12 aromatic rings. The molecule has 0 saturated carbocycles. The number of anilines is 3. The molecule has 0 unspecified atom stereocenters. The minimum absolute atomic E-state index is 0.885. The van der Waals surface area contributed by atoms with Crippen LogP contribution in [0.1, 0.15) is 0 Å². The minimum atomic E-state index is 0.885. The van der Waals surface area contributed by atoms with Crippen molar-refractivity contribution >= 4 is 113 Å². The molecule has 0 aliphatic carbocycles. The SMILES string of the molecule is c1ccc(-c2ccccc2N(c2ccc3sc4cccc(-c5ccc6c(c5)sc5ccccc56)c4c3c2)c2ccc3oc4ccc5ccccc5c4c3c2)cc1. The largest absolute Gasteiger partial charge is 0.456 e. The molecule has 0 N–H and O–H groups in total. The van der Waals surface area contributed by atoms with Crippen LogP contribution in [-0.4, -0.2) is 0 Å². The molecule has 2 nitrogen and oxygen atoms in total. The van der Waals surface area contributed by atoms with Gasteiger partial charge in [-0.1, -0.05) is 121 Å². The number of furan rings is 1. The second-order valence-corrected chi connectivity index (χ2v) is 16.6. The highest BCUT2D eigenvalue weighted by atomic mass is 32.1. The molecule has 0 aliphatic heterocycles. The zero-order valence-corrected chi connectivity index (χ0v) is 31.7. The van der Waals surface area contributed by atoms with Gasteiger partial charge < -0.3 is 9.32 Å². The highest BCUT2D eigenvalue weighted by Gasteiger charge is 2.21. The Kier molecular flexibility index (Phi) is 7.00. The Morgan fingerprint density at radius 1 is 0.357 bits per heavy atom. The van der Waals surface area contributed by atoms with E-state index in [9.17, 15) is 0 Å². The maximum absolute atomic E-state index is 6.48. The van der Waals surface area contributed by atoms with Gasteiger partial charge in [-0.15, -0.1) is 22.7 Å². The van der Waals surface area contributed by atoms with E-state index in [1.54, 1.807) is 0 Å². The van der Waals surface area contributed by atoms with Crippen LogP contribution in [0.25, 0.3) is 95.3 Å². The number of benzene rings is 9. The molecule has 4 heteroatoms. The van der Waals surface area contributed by atoms with Crippen molar-refractivity contribution in [3.05, 3.63) is 188 Å². The van der Waals surface area contributed by atoms with Crippen LogP contribution < -0.4 is 4.90 Å². The van der Waals surface area contributed by atoms with Crippen molar-refractivity contribution in [2.75, 3.05) is 4.90 Å². The van der Waals surface area contributed by atoms with Gasteiger partial charge in [0.1, 0.15) is 11.2 Å². The van der Waals surface area contributed by atoms with Crippen LogP contribution >= 0.6 is 22.7 Å². The summed E-state index contributed by atoms with van der Waals surface area (Å²) in [6, 6.07) is 68.5. The maximum Gasteiger partial charge on any atom is 0.136 e. The topological polar surface area (TPSA) is 16.4 Å². The van der Waals surface area contributed by atoms with E-state index in [0.29, 0.717) is 0 Å². The van der Waals surface area contributed by atoms with E-state index < -0.39 is 0 Å². The molecule has 0 atom stereocenters. The van der Waals surface area contributed by atoms with Crippen molar-refractivity contribution in [2.24, 2.45) is 0 Å². The van der Waals surface area contributed by atoms with Crippen LogP contribution in [-0.2, 0) is 0 Å². The van der Waals surface area contributed by atoms with Gasteiger partial charge in [0, 0.05) is 68.1 Å². The van der Waals surface area contributed by atoms with E-state index in [4.69, 9.17) is 4.42 Å². The molecule has 3 heterocycles. The monoisotopic (exact) mass is 749 g/mol. The average Bonchev–Trinajstić information content (AvgIpc) is 3.95. The first-order valence-corrected chi connectivity index (χ1v) is 20.5. The van der Waals surface area contributed by atoms with E-state index in [2.05, 4.69) is 193 Å². The van der Waals surface area contributed by atoms with Crippen molar-refractivity contribution < 1.29 is 4.42 Å². The number of para-hydroxylation sites is 1. The normalized spacial score (nSPS) is 11.9. The molecule has 262 valence electrons. The van der Waals surface area contributed by atoms with E-state index >= 15 is 0 Å². The van der Waals surface area contributed by atoms with Crippen molar-refractivity contribution in [2.45, 2.75) is 0 Å². The van der Waals surface area contributed by atoms with E-state index in [-0.39, 0.29) is 0 Å². The molecular weight excluding hydrogens is 719 g/mol. The Hall–Kier alpha value is -6.72. The first-order chi connectivity index (χ1) is 27.7. The molecule has 0 spiro atoms. The standard InChI is InChI=1S/C52H31NOS2/c1-2-11-32(12-3-1)37-14-6-8-18-44(37)53(35-23-27-45-42(30-35)51-38-15-5-4-13-33(38)22-26-46(51)54-45)36-24-28-48-43(31-36)52-39(17-10-20-49(52)55-48)34-21-25-41-40-16-7-9-19-47(40)56-50(41)29-34/h1-31H. The number of nitrogens with zero attached hydrogens (tertiary/aromatic N) is 1. The predicted molar refractivity (Wildman–Crippen MR) is 243 cm³/mol. The summed E-state index contributed by atoms with van der Waals surface area (Å²) in [5.74, 6) is 0. The predicted octanol–water partition coefficient (Wildman–Crippen LogP) is 16.3. The third kappa shape index (κ3) is 4.86. The van der Waals surface area contributed by atoms with Crippen LogP contribution in [0, 0.1) is 0 Å². The fourth-order valence-electron chi connectivity index (χ4n) is 8.72. The molecule has 56 heavy (non-hydrogen) atoms. The minimum Gasteiger partial charge on any atom is -0.456 e. The Labute approximate surface area is 330 Å². The number of rotatable bonds is 5. The van der Waals surface area contributed by atoms with Gasteiger partial charge in [-0.25, -0.2) is 0 Å². The van der Waals surface area contributed by atoms with Gasteiger partial charge in [-0.3, -0.25) is 0 Å². The molecular formula is C52H31NOS2. The van der Waals surface area contributed by atoms with Gasteiger partial charge in [-0.05, 0) is 94.2 Å². The smallest absolute Gasteiger partial charge is 0.136 e. The van der Waals surface area contributed by atoms with Crippen molar-refractivity contribution in [3.8, 4) is 22.3 Å². The lowest BCUT2D eigenvalue weighted by molar-refractivity contribution is 0.669. The summed E-state index contributed by atoms with van der Waals surface area (Å²) < 4.78 is 11.7. The van der Waals surface area contributed by atoms with Crippen molar-refractivity contribution in [1.29, 1.82) is 0 Å². The molecule has 0 fully saturated rings. The second kappa shape index (κ2) is 12.4. The van der Waals surface area contributed by atoms with Crippen LogP contribution in [0.3, 0.4) is 0 Å². The second-order valence-electron chi connectivity index (χ2n) is 14.4. The van der Waals surface area contributed by atoms with Gasteiger partial charge in [-0.2, -0.15) is 0 Å². The van der Waals surface area contributed by atoms with Gasteiger partial charge in [0.2, 0.25) is 0 Å². The molecule has 9 aromatic carbocycles. The zero-order chi connectivity index (χ0) is 36.7. The van der Waals surface area contributed by atoms with Crippen LogP contribution in [0.4, 0.5) is 17.1 Å². The molecule has 0 radical (unpaired) electrons. The van der Waals surface area contributed by atoms with Gasteiger partial charge in [0.05, 0.1) is 5.69 Å². The Bertz CT molecular complexity index is 3500. The lowest BCUT2D eigenvalue weighted by Gasteiger charge is -2.28. The first-order valence-electron chi connectivity index (χ1n) is 18.9.